The number of amides is 1. The van der Waals surface area contributed by atoms with Crippen LogP contribution in [-0.2, 0) is 6.54 Å². The van der Waals surface area contributed by atoms with Crippen molar-refractivity contribution in [3.63, 3.8) is 0 Å². The number of hydrogen-bond donors (Lipinski definition) is 0. The largest absolute Gasteiger partial charge is 0.467 e. The fourth-order valence-corrected chi connectivity index (χ4v) is 3.37. The Morgan fingerprint density at radius 3 is 2.79 bits per heavy atom. The highest BCUT2D eigenvalue weighted by Crippen LogP contribution is 2.27. The van der Waals surface area contributed by atoms with Gasteiger partial charge in [0.15, 0.2) is 0 Å². The maximum Gasteiger partial charge on any atom is 0.264 e. The van der Waals surface area contributed by atoms with E-state index >= 15 is 0 Å². The molecule has 3 rings (SSSR count). The SMILES string of the molecule is O=C(c1cccs1)N(Cc1ccco1)C1CCCC1. The molecule has 0 radical (unpaired) electrons. The van der Waals surface area contributed by atoms with Crippen molar-refractivity contribution in [1.29, 1.82) is 0 Å². The Hall–Kier alpha value is -1.55. The van der Waals surface area contributed by atoms with Gasteiger partial charge in [0.05, 0.1) is 17.7 Å². The monoisotopic (exact) mass is 275 g/mol. The smallest absolute Gasteiger partial charge is 0.264 e. The average molecular weight is 275 g/mol. The first-order chi connectivity index (χ1) is 9.34. The molecule has 0 aromatic carbocycles. The summed E-state index contributed by atoms with van der Waals surface area (Å²) in [5.41, 5.74) is 0. The highest BCUT2D eigenvalue weighted by molar-refractivity contribution is 7.12. The van der Waals surface area contributed by atoms with Crippen molar-refractivity contribution in [1.82, 2.24) is 4.90 Å². The van der Waals surface area contributed by atoms with Gasteiger partial charge in [-0.1, -0.05) is 18.9 Å². The lowest BCUT2D eigenvalue weighted by atomic mass is 10.2. The van der Waals surface area contributed by atoms with E-state index in [4.69, 9.17) is 4.42 Å². The first-order valence-corrected chi connectivity index (χ1v) is 7.59. The lowest BCUT2D eigenvalue weighted by molar-refractivity contribution is 0.0654. The normalized spacial score (nSPS) is 15.8. The van der Waals surface area contributed by atoms with Crippen LogP contribution in [0, 0.1) is 0 Å². The average Bonchev–Trinajstić information content (AvgIpc) is 3.15. The topological polar surface area (TPSA) is 33.5 Å². The molecule has 0 aliphatic heterocycles. The molecule has 2 aromatic heterocycles. The van der Waals surface area contributed by atoms with Crippen LogP contribution in [0.1, 0.15) is 41.1 Å². The van der Waals surface area contributed by atoms with Gasteiger partial charge in [-0.2, -0.15) is 0 Å². The number of nitrogens with zero attached hydrogens (tertiary/aromatic N) is 1. The molecule has 3 nitrogen and oxygen atoms in total. The van der Waals surface area contributed by atoms with E-state index in [2.05, 4.69) is 0 Å². The van der Waals surface area contributed by atoms with Crippen molar-refractivity contribution >= 4 is 17.2 Å². The molecule has 0 N–H and O–H groups in total. The van der Waals surface area contributed by atoms with Crippen LogP contribution in [-0.4, -0.2) is 16.8 Å². The minimum atomic E-state index is 0.137. The van der Waals surface area contributed by atoms with Crippen molar-refractivity contribution in [3.05, 3.63) is 46.5 Å². The summed E-state index contributed by atoms with van der Waals surface area (Å²) in [6.45, 7) is 0.578. The van der Waals surface area contributed by atoms with Gasteiger partial charge in [-0.15, -0.1) is 11.3 Å². The van der Waals surface area contributed by atoms with Crippen LogP contribution in [0.2, 0.25) is 0 Å². The van der Waals surface area contributed by atoms with Crippen LogP contribution in [0.25, 0.3) is 0 Å². The van der Waals surface area contributed by atoms with Crippen LogP contribution < -0.4 is 0 Å². The van der Waals surface area contributed by atoms with E-state index < -0.39 is 0 Å². The van der Waals surface area contributed by atoms with Gasteiger partial charge in [-0.25, -0.2) is 0 Å². The lowest BCUT2D eigenvalue weighted by Crippen LogP contribution is -2.37. The van der Waals surface area contributed by atoms with Gasteiger partial charge in [-0.3, -0.25) is 4.79 Å². The predicted octanol–water partition coefficient (Wildman–Crippen LogP) is 3.93. The van der Waals surface area contributed by atoms with Gasteiger partial charge < -0.3 is 9.32 Å². The Morgan fingerprint density at radius 2 is 2.16 bits per heavy atom. The maximum atomic E-state index is 12.6. The van der Waals surface area contributed by atoms with Crippen LogP contribution in [0.15, 0.2) is 40.3 Å². The molecule has 0 unspecified atom stereocenters. The Kier molecular flexibility index (Phi) is 3.69. The number of hydrogen-bond acceptors (Lipinski definition) is 3. The summed E-state index contributed by atoms with van der Waals surface area (Å²) < 4.78 is 5.40. The fourth-order valence-electron chi connectivity index (χ4n) is 2.69. The molecule has 100 valence electrons. The Balaban J connectivity index is 1.81. The molecule has 4 heteroatoms. The molecular formula is C15H17NO2S. The summed E-state index contributed by atoms with van der Waals surface area (Å²) in [7, 11) is 0. The van der Waals surface area contributed by atoms with Gasteiger partial charge in [0, 0.05) is 6.04 Å². The van der Waals surface area contributed by atoms with Crippen LogP contribution in [0.4, 0.5) is 0 Å². The third-order valence-corrected chi connectivity index (χ3v) is 4.52. The van der Waals surface area contributed by atoms with E-state index in [1.807, 2.05) is 34.5 Å². The molecule has 19 heavy (non-hydrogen) atoms. The molecule has 1 fully saturated rings. The van der Waals surface area contributed by atoms with E-state index in [1.54, 1.807) is 6.26 Å². The number of carbonyl (C=O) groups excluding carboxylic acids is 1. The van der Waals surface area contributed by atoms with Gasteiger partial charge >= 0.3 is 0 Å². The fraction of sp³-hybridized carbons (Fsp3) is 0.400. The number of carbonyl (C=O) groups is 1. The van der Waals surface area contributed by atoms with Crippen molar-refractivity contribution in [3.8, 4) is 0 Å². The Morgan fingerprint density at radius 1 is 1.32 bits per heavy atom. The number of furan rings is 1. The highest BCUT2D eigenvalue weighted by atomic mass is 32.1. The van der Waals surface area contributed by atoms with E-state index in [0.717, 1.165) is 23.5 Å². The van der Waals surface area contributed by atoms with E-state index in [9.17, 15) is 4.79 Å². The molecule has 1 aliphatic rings. The van der Waals surface area contributed by atoms with E-state index in [-0.39, 0.29) is 5.91 Å². The molecule has 0 bridgehead atoms. The quantitative estimate of drug-likeness (QED) is 0.847. The van der Waals surface area contributed by atoms with Crippen molar-refractivity contribution in [2.24, 2.45) is 0 Å². The van der Waals surface area contributed by atoms with Gasteiger partial charge in [0.2, 0.25) is 0 Å². The molecule has 1 amide bonds. The minimum absolute atomic E-state index is 0.137. The molecule has 0 spiro atoms. The maximum absolute atomic E-state index is 12.6. The zero-order valence-corrected chi connectivity index (χ0v) is 11.6. The zero-order valence-electron chi connectivity index (χ0n) is 10.7. The molecule has 0 saturated heterocycles. The summed E-state index contributed by atoms with van der Waals surface area (Å²) in [5, 5.41) is 1.95. The van der Waals surface area contributed by atoms with Crippen molar-refractivity contribution in [2.45, 2.75) is 38.3 Å². The van der Waals surface area contributed by atoms with Gasteiger partial charge in [0.1, 0.15) is 5.76 Å². The predicted molar refractivity (Wildman–Crippen MR) is 75.2 cm³/mol. The zero-order chi connectivity index (χ0) is 13.1. The second-order valence-electron chi connectivity index (χ2n) is 4.93. The molecule has 1 aliphatic carbocycles. The summed E-state index contributed by atoms with van der Waals surface area (Å²) >= 11 is 1.51. The molecular weight excluding hydrogens is 258 g/mol. The van der Waals surface area contributed by atoms with Crippen LogP contribution in [0.5, 0.6) is 0 Å². The van der Waals surface area contributed by atoms with E-state index in [0.29, 0.717) is 12.6 Å². The Bertz CT molecular complexity index is 512. The molecule has 2 aromatic rings. The summed E-state index contributed by atoms with van der Waals surface area (Å²) in [5.74, 6) is 0.995. The third kappa shape index (κ3) is 2.73. The summed E-state index contributed by atoms with van der Waals surface area (Å²) in [6.07, 6.45) is 6.32. The standard InChI is InChI=1S/C15H17NO2S/c17-15(14-8-4-10-19-14)16(12-5-1-2-6-12)11-13-7-3-9-18-13/h3-4,7-10,12H,1-2,5-6,11H2. The van der Waals surface area contributed by atoms with Gasteiger partial charge in [0.25, 0.3) is 5.91 Å². The number of thiophene rings is 1. The molecule has 2 heterocycles. The second kappa shape index (κ2) is 5.61. The first-order valence-electron chi connectivity index (χ1n) is 6.71. The second-order valence-corrected chi connectivity index (χ2v) is 5.88. The minimum Gasteiger partial charge on any atom is -0.467 e. The summed E-state index contributed by atoms with van der Waals surface area (Å²) in [6, 6.07) is 8.00. The highest BCUT2D eigenvalue weighted by Gasteiger charge is 2.28. The Labute approximate surface area is 116 Å². The van der Waals surface area contributed by atoms with Gasteiger partial charge in [-0.05, 0) is 36.4 Å². The third-order valence-electron chi connectivity index (χ3n) is 3.66. The molecule has 1 saturated carbocycles. The lowest BCUT2D eigenvalue weighted by Gasteiger charge is -2.27. The van der Waals surface area contributed by atoms with E-state index in [1.165, 1.54) is 24.2 Å². The van der Waals surface area contributed by atoms with Crippen LogP contribution in [0.3, 0.4) is 0 Å². The molecule has 0 atom stereocenters. The summed E-state index contributed by atoms with van der Waals surface area (Å²) in [4.78, 5) is 15.4. The van der Waals surface area contributed by atoms with Crippen LogP contribution >= 0.6 is 11.3 Å². The van der Waals surface area contributed by atoms with Crippen molar-refractivity contribution in [2.75, 3.05) is 0 Å². The first kappa shape index (κ1) is 12.5. The van der Waals surface area contributed by atoms with Crippen molar-refractivity contribution < 1.29 is 9.21 Å². The number of rotatable bonds is 4.